The molecule has 26 heavy (non-hydrogen) atoms. The van der Waals surface area contributed by atoms with Gasteiger partial charge in [-0.25, -0.2) is 4.98 Å². The Hall–Kier alpha value is -1.85. The topological polar surface area (TPSA) is 49.6 Å². The predicted molar refractivity (Wildman–Crippen MR) is 103 cm³/mol. The quantitative estimate of drug-likeness (QED) is 0.737. The molecule has 6 heteroatoms. The first-order valence-corrected chi connectivity index (χ1v) is 9.71. The Morgan fingerprint density at radius 3 is 2.85 bits per heavy atom. The minimum atomic E-state index is 0.178. The van der Waals surface area contributed by atoms with Crippen molar-refractivity contribution >= 4 is 17.5 Å². The van der Waals surface area contributed by atoms with E-state index < -0.39 is 0 Å². The highest BCUT2D eigenvalue weighted by Crippen LogP contribution is 2.28. The minimum absolute atomic E-state index is 0.178. The van der Waals surface area contributed by atoms with Gasteiger partial charge in [-0.05, 0) is 31.6 Å². The summed E-state index contributed by atoms with van der Waals surface area (Å²) >= 11 is 6.19. The van der Waals surface area contributed by atoms with Gasteiger partial charge in [0.1, 0.15) is 0 Å². The second-order valence-electron chi connectivity index (χ2n) is 6.60. The summed E-state index contributed by atoms with van der Waals surface area (Å²) in [5, 5.41) is 0.630. The normalized spacial score (nSPS) is 17.2. The molecule has 1 atom stereocenters. The van der Waals surface area contributed by atoms with Crippen LogP contribution in [0.1, 0.15) is 32.6 Å². The van der Waals surface area contributed by atoms with E-state index >= 15 is 0 Å². The fourth-order valence-electron chi connectivity index (χ4n) is 3.59. The maximum atomic E-state index is 12.5. The summed E-state index contributed by atoms with van der Waals surface area (Å²) in [7, 11) is 0. The third-order valence-corrected chi connectivity index (χ3v) is 5.42. The number of aryl methyl sites for hydroxylation is 1. The molecule has 5 nitrogen and oxygen atoms in total. The van der Waals surface area contributed by atoms with E-state index in [1.807, 2.05) is 29.2 Å². The molecule has 1 aliphatic rings. The van der Waals surface area contributed by atoms with Crippen LogP contribution >= 0.6 is 11.6 Å². The average molecular weight is 376 g/mol. The molecule has 3 rings (SSSR count). The number of amides is 1. The summed E-state index contributed by atoms with van der Waals surface area (Å²) < 4.78 is 5.78. The number of halogens is 1. The van der Waals surface area contributed by atoms with Gasteiger partial charge in [-0.15, -0.1) is 0 Å². The van der Waals surface area contributed by atoms with Crippen LogP contribution in [0.2, 0.25) is 5.02 Å². The molecule has 140 valence electrons. The Labute approximate surface area is 159 Å². The number of aromatic nitrogens is 1. The first-order chi connectivity index (χ1) is 12.6. The van der Waals surface area contributed by atoms with Crippen LogP contribution in [0.4, 0.5) is 0 Å². The first kappa shape index (κ1) is 18.9. The van der Waals surface area contributed by atoms with Crippen LogP contribution < -0.4 is 0 Å². The second-order valence-corrected chi connectivity index (χ2v) is 7.01. The summed E-state index contributed by atoms with van der Waals surface area (Å²) in [6, 6.07) is 8.00. The number of hydrogen-bond acceptors (Lipinski definition) is 4. The number of oxazole rings is 1. The number of hydrogen-bond donors (Lipinski definition) is 0. The highest BCUT2D eigenvalue weighted by Gasteiger charge is 2.29. The largest absolute Gasteiger partial charge is 0.441 e. The van der Waals surface area contributed by atoms with E-state index in [0.717, 1.165) is 38.2 Å². The molecule has 2 heterocycles. The third kappa shape index (κ3) is 4.27. The van der Waals surface area contributed by atoms with Gasteiger partial charge in [0.2, 0.25) is 5.91 Å². The van der Waals surface area contributed by atoms with Gasteiger partial charge < -0.3 is 9.32 Å². The lowest BCUT2D eigenvalue weighted by atomic mass is 10.2. The van der Waals surface area contributed by atoms with Gasteiger partial charge in [0, 0.05) is 37.5 Å². The molecule has 0 aliphatic carbocycles. The fraction of sp³-hybridized carbons (Fsp3) is 0.500. The first-order valence-electron chi connectivity index (χ1n) is 9.33. The second kappa shape index (κ2) is 8.69. The molecule has 1 aliphatic heterocycles. The van der Waals surface area contributed by atoms with Crippen LogP contribution in [-0.2, 0) is 11.2 Å². The highest BCUT2D eigenvalue weighted by atomic mass is 35.5. The molecule has 1 aromatic carbocycles. The van der Waals surface area contributed by atoms with Crippen LogP contribution in [0.5, 0.6) is 0 Å². The Morgan fingerprint density at radius 1 is 1.35 bits per heavy atom. The Kier molecular flexibility index (Phi) is 6.33. The molecular weight excluding hydrogens is 350 g/mol. The van der Waals surface area contributed by atoms with Gasteiger partial charge in [0.15, 0.2) is 11.7 Å². The summed E-state index contributed by atoms with van der Waals surface area (Å²) in [6.07, 6.45) is 3.67. The Bertz CT molecular complexity index is 742. The average Bonchev–Trinajstić information content (AvgIpc) is 3.31. The van der Waals surface area contributed by atoms with Gasteiger partial charge in [0.25, 0.3) is 0 Å². The van der Waals surface area contributed by atoms with Crippen molar-refractivity contribution in [3.05, 3.63) is 41.4 Å². The monoisotopic (exact) mass is 375 g/mol. The zero-order chi connectivity index (χ0) is 18.5. The van der Waals surface area contributed by atoms with Crippen LogP contribution in [0.15, 0.2) is 34.9 Å². The van der Waals surface area contributed by atoms with Crippen molar-refractivity contribution in [3.63, 3.8) is 0 Å². The van der Waals surface area contributed by atoms with Crippen molar-refractivity contribution in [2.75, 3.05) is 26.2 Å². The molecular formula is C20H26ClN3O2. The summed E-state index contributed by atoms with van der Waals surface area (Å²) in [4.78, 5) is 21.2. The smallest absolute Gasteiger partial charge is 0.223 e. The molecule has 1 aromatic heterocycles. The van der Waals surface area contributed by atoms with Crippen molar-refractivity contribution in [3.8, 4) is 11.3 Å². The Balaban J connectivity index is 1.54. The lowest BCUT2D eigenvalue weighted by Crippen LogP contribution is -2.38. The van der Waals surface area contributed by atoms with E-state index in [0.29, 0.717) is 35.6 Å². The Morgan fingerprint density at radius 2 is 2.12 bits per heavy atom. The van der Waals surface area contributed by atoms with Crippen LogP contribution in [0.25, 0.3) is 11.3 Å². The summed E-state index contributed by atoms with van der Waals surface area (Å²) in [6.45, 7) is 8.09. The number of likely N-dealkylation sites (tertiary alicyclic amines) is 1. The molecule has 0 N–H and O–H groups in total. The number of rotatable bonds is 7. The van der Waals surface area contributed by atoms with Gasteiger partial charge in [-0.2, -0.15) is 0 Å². The molecule has 1 unspecified atom stereocenters. The van der Waals surface area contributed by atoms with Gasteiger partial charge in [0.05, 0.1) is 11.2 Å². The maximum absolute atomic E-state index is 12.5. The lowest BCUT2D eigenvalue weighted by Gasteiger charge is -2.26. The van der Waals surface area contributed by atoms with Crippen molar-refractivity contribution in [1.82, 2.24) is 14.8 Å². The summed E-state index contributed by atoms with van der Waals surface area (Å²) in [5.41, 5.74) is 0.820. The molecule has 0 saturated carbocycles. The molecule has 2 aromatic rings. The molecule has 0 radical (unpaired) electrons. The van der Waals surface area contributed by atoms with E-state index in [1.165, 1.54) is 0 Å². The number of likely N-dealkylation sites (N-methyl/N-ethyl adjacent to an activating group) is 1. The van der Waals surface area contributed by atoms with Gasteiger partial charge >= 0.3 is 0 Å². The van der Waals surface area contributed by atoms with Crippen molar-refractivity contribution < 1.29 is 9.21 Å². The number of nitrogens with zero attached hydrogens (tertiary/aromatic N) is 3. The molecule has 0 bridgehead atoms. The fourth-order valence-corrected chi connectivity index (χ4v) is 3.82. The highest BCUT2D eigenvalue weighted by molar-refractivity contribution is 6.33. The minimum Gasteiger partial charge on any atom is -0.441 e. The predicted octanol–water partition coefficient (Wildman–Crippen LogP) is 3.87. The zero-order valence-electron chi connectivity index (χ0n) is 15.4. The number of carbonyl (C=O) groups excluding carboxylic acids is 1. The SMILES string of the molecule is CCN(CC)C1CCN(C(=O)CCc2ncc(-c3ccccc3Cl)o2)C1. The molecule has 1 fully saturated rings. The standard InChI is InChI=1S/C20H26ClN3O2/c1-3-23(4-2)15-11-12-24(14-15)20(25)10-9-19-22-13-18(26-19)16-7-5-6-8-17(16)21/h5-8,13,15H,3-4,9-12,14H2,1-2H3. The van der Waals surface area contributed by atoms with Gasteiger partial charge in [-0.1, -0.05) is 37.6 Å². The number of carbonyl (C=O) groups is 1. The van der Waals surface area contributed by atoms with E-state index in [2.05, 4.69) is 23.7 Å². The molecule has 0 spiro atoms. The van der Waals surface area contributed by atoms with E-state index in [4.69, 9.17) is 16.0 Å². The van der Waals surface area contributed by atoms with Crippen molar-refractivity contribution in [2.24, 2.45) is 0 Å². The van der Waals surface area contributed by atoms with E-state index in [-0.39, 0.29) is 5.91 Å². The maximum Gasteiger partial charge on any atom is 0.223 e. The van der Waals surface area contributed by atoms with Crippen molar-refractivity contribution in [1.29, 1.82) is 0 Å². The summed E-state index contributed by atoms with van der Waals surface area (Å²) in [5.74, 6) is 1.39. The lowest BCUT2D eigenvalue weighted by molar-refractivity contribution is -0.130. The van der Waals surface area contributed by atoms with Gasteiger partial charge in [-0.3, -0.25) is 9.69 Å². The number of benzene rings is 1. The third-order valence-electron chi connectivity index (χ3n) is 5.09. The van der Waals surface area contributed by atoms with Crippen LogP contribution in [0.3, 0.4) is 0 Å². The van der Waals surface area contributed by atoms with Crippen molar-refractivity contribution in [2.45, 2.75) is 39.2 Å². The van der Waals surface area contributed by atoms with Crippen LogP contribution in [0, 0.1) is 0 Å². The molecule has 1 saturated heterocycles. The van der Waals surface area contributed by atoms with E-state index in [1.54, 1.807) is 6.20 Å². The molecule has 1 amide bonds. The van der Waals surface area contributed by atoms with E-state index in [9.17, 15) is 4.79 Å². The van der Waals surface area contributed by atoms with Crippen LogP contribution in [-0.4, -0.2) is 52.9 Å². The zero-order valence-corrected chi connectivity index (χ0v) is 16.2.